The predicted octanol–water partition coefficient (Wildman–Crippen LogP) is 4.58. The van der Waals surface area contributed by atoms with Crippen LogP contribution < -0.4 is 10.9 Å². The second kappa shape index (κ2) is 9.26. The highest BCUT2D eigenvalue weighted by Gasteiger charge is 2.11. The molecule has 0 unspecified atom stereocenters. The highest BCUT2D eigenvalue weighted by molar-refractivity contribution is 6.84. The first kappa shape index (κ1) is 19.0. The maximum Gasteiger partial charge on any atom is 0.206 e. The Bertz CT molecular complexity index is 671. The van der Waals surface area contributed by atoms with Crippen LogP contribution in [0.2, 0.25) is 6.82 Å². The van der Waals surface area contributed by atoms with E-state index in [1.54, 1.807) is 6.33 Å². The molecule has 2 aromatic carbocycles. The van der Waals surface area contributed by atoms with Crippen LogP contribution in [0.1, 0.15) is 50.9 Å². The van der Waals surface area contributed by atoms with E-state index in [4.69, 9.17) is 0 Å². The number of rotatable bonds is 4. The van der Waals surface area contributed by atoms with E-state index >= 15 is 0 Å². The third kappa shape index (κ3) is 5.35. The second-order valence-corrected chi connectivity index (χ2v) is 7.05. The number of aromatic nitrogens is 2. The summed E-state index contributed by atoms with van der Waals surface area (Å²) in [7, 11) is 0. The molecule has 0 aliphatic heterocycles. The molecule has 0 aliphatic carbocycles. The van der Waals surface area contributed by atoms with Gasteiger partial charge in [-0.05, 0) is 11.8 Å². The third-order valence-corrected chi connectivity index (χ3v) is 4.42. The van der Waals surface area contributed by atoms with Crippen molar-refractivity contribution in [1.29, 1.82) is 0 Å². The smallest absolute Gasteiger partial charge is 0.206 e. The van der Waals surface area contributed by atoms with Crippen LogP contribution in [0.3, 0.4) is 0 Å². The van der Waals surface area contributed by atoms with Gasteiger partial charge in [0.15, 0.2) is 0 Å². The van der Waals surface area contributed by atoms with Gasteiger partial charge in [-0.2, -0.15) is 0 Å². The fourth-order valence-electron chi connectivity index (χ4n) is 2.91. The SMILES string of the molecule is CB(c1ccccc1)c1ccccc1.CC(C)c1nc[nH]c1C(C)C. The average Bonchev–Trinajstić information content (AvgIpc) is 3.14. The molecule has 0 bridgehead atoms. The molecule has 3 heteroatoms. The minimum absolute atomic E-state index is 0.484. The molecule has 0 atom stereocenters. The maximum atomic E-state index is 4.28. The fourth-order valence-corrected chi connectivity index (χ4v) is 2.91. The first-order valence-electron chi connectivity index (χ1n) is 9.13. The lowest BCUT2D eigenvalue weighted by Gasteiger charge is -2.08. The van der Waals surface area contributed by atoms with Crippen LogP contribution in [0.15, 0.2) is 67.0 Å². The Morgan fingerprint density at radius 3 is 1.60 bits per heavy atom. The van der Waals surface area contributed by atoms with E-state index in [2.05, 4.69) is 105 Å². The van der Waals surface area contributed by atoms with Crippen LogP contribution in [0.5, 0.6) is 0 Å². The Hall–Kier alpha value is -2.29. The van der Waals surface area contributed by atoms with Crippen LogP contribution in [0, 0.1) is 0 Å². The zero-order chi connectivity index (χ0) is 18.2. The topological polar surface area (TPSA) is 28.7 Å². The van der Waals surface area contributed by atoms with Gasteiger partial charge >= 0.3 is 0 Å². The van der Waals surface area contributed by atoms with Gasteiger partial charge in [0.25, 0.3) is 0 Å². The maximum absolute atomic E-state index is 4.28. The molecule has 0 spiro atoms. The Balaban J connectivity index is 0.000000186. The van der Waals surface area contributed by atoms with Crippen molar-refractivity contribution in [2.24, 2.45) is 0 Å². The minimum atomic E-state index is 0.484. The van der Waals surface area contributed by atoms with Crippen molar-refractivity contribution in [3.8, 4) is 0 Å². The van der Waals surface area contributed by atoms with Gasteiger partial charge in [-0.25, -0.2) is 4.98 Å². The van der Waals surface area contributed by atoms with E-state index in [0.717, 1.165) is 0 Å². The Morgan fingerprint density at radius 1 is 0.760 bits per heavy atom. The van der Waals surface area contributed by atoms with Gasteiger partial charge in [0.2, 0.25) is 6.71 Å². The molecule has 0 amide bonds. The normalized spacial score (nSPS) is 10.5. The summed E-state index contributed by atoms with van der Waals surface area (Å²) < 4.78 is 0. The summed E-state index contributed by atoms with van der Waals surface area (Å²) in [5.41, 5.74) is 5.23. The fraction of sp³-hybridized carbons (Fsp3) is 0.318. The molecule has 0 aliphatic rings. The summed E-state index contributed by atoms with van der Waals surface area (Å²) in [4.78, 5) is 7.46. The lowest BCUT2D eigenvalue weighted by molar-refractivity contribution is 0.759. The number of hydrogen-bond acceptors (Lipinski definition) is 1. The van der Waals surface area contributed by atoms with Crippen molar-refractivity contribution in [2.75, 3.05) is 0 Å². The van der Waals surface area contributed by atoms with Gasteiger partial charge in [-0.1, -0.05) is 106 Å². The molecule has 130 valence electrons. The average molecular weight is 332 g/mol. The molecule has 0 saturated carbocycles. The van der Waals surface area contributed by atoms with Gasteiger partial charge in [0, 0.05) is 5.69 Å². The molecular weight excluding hydrogens is 303 g/mol. The lowest BCUT2D eigenvalue weighted by Crippen LogP contribution is -2.38. The van der Waals surface area contributed by atoms with E-state index in [1.165, 1.54) is 22.3 Å². The van der Waals surface area contributed by atoms with Gasteiger partial charge in [-0.15, -0.1) is 0 Å². The molecular formula is C22H29BN2. The zero-order valence-corrected chi connectivity index (χ0v) is 16.0. The van der Waals surface area contributed by atoms with Crippen LogP contribution >= 0.6 is 0 Å². The van der Waals surface area contributed by atoms with Crippen LogP contribution in [0.25, 0.3) is 0 Å². The summed E-state index contributed by atoms with van der Waals surface area (Å²) >= 11 is 0. The Kier molecular flexibility index (Phi) is 7.06. The summed E-state index contributed by atoms with van der Waals surface area (Å²) in [5.74, 6) is 1.08. The van der Waals surface area contributed by atoms with Crippen molar-refractivity contribution in [3.63, 3.8) is 0 Å². The van der Waals surface area contributed by atoms with Crippen molar-refractivity contribution >= 4 is 17.6 Å². The van der Waals surface area contributed by atoms with E-state index < -0.39 is 0 Å². The van der Waals surface area contributed by atoms with E-state index in [1.807, 2.05) is 0 Å². The summed E-state index contributed by atoms with van der Waals surface area (Å²) in [5, 5.41) is 0. The number of H-pyrrole nitrogens is 1. The van der Waals surface area contributed by atoms with Gasteiger partial charge in [0.05, 0.1) is 12.0 Å². The van der Waals surface area contributed by atoms with E-state index in [9.17, 15) is 0 Å². The number of hydrogen-bond donors (Lipinski definition) is 1. The molecule has 0 fully saturated rings. The first-order chi connectivity index (χ1) is 12.0. The van der Waals surface area contributed by atoms with Crippen molar-refractivity contribution in [3.05, 3.63) is 78.4 Å². The molecule has 1 N–H and O–H groups in total. The first-order valence-corrected chi connectivity index (χ1v) is 9.13. The van der Waals surface area contributed by atoms with Gasteiger partial charge < -0.3 is 4.98 Å². The number of nitrogens with zero attached hydrogens (tertiary/aromatic N) is 1. The third-order valence-electron chi connectivity index (χ3n) is 4.42. The monoisotopic (exact) mass is 332 g/mol. The molecule has 3 aromatic rings. The molecule has 1 heterocycles. The highest BCUT2D eigenvalue weighted by Crippen LogP contribution is 2.21. The molecule has 3 rings (SSSR count). The molecule has 0 radical (unpaired) electrons. The number of benzene rings is 2. The Morgan fingerprint density at radius 2 is 1.24 bits per heavy atom. The summed E-state index contributed by atoms with van der Waals surface area (Å²) in [6.07, 6.45) is 1.78. The number of aromatic amines is 1. The van der Waals surface area contributed by atoms with E-state index in [-0.39, 0.29) is 0 Å². The van der Waals surface area contributed by atoms with Gasteiger partial charge in [-0.3, -0.25) is 0 Å². The molecule has 1 aromatic heterocycles. The molecule has 25 heavy (non-hydrogen) atoms. The van der Waals surface area contributed by atoms with Crippen LogP contribution in [-0.4, -0.2) is 16.7 Å². The van der Waals surface area contributed by atoms with Crippen molar-refractivity contribution in [1.82, 2.24) is 9.97 Å². The minimum Gasteiger partial charge on any atom is -0.348 e. The zero-order valence-electron chi connectivity index (χ0n) is 16.0. The van der Waals surface area contributed by atoms with Gasteiger partial charge in [0.1, 0.15) is 0 Å². The number of nitrogens with one attached hydrogen (secondary N) is 1. The Labute approximate surface area is 152 Å². The lowest BCUT2D eigenvalue weighted by atomic mass is 9.43. The van der Waals surface area contributed by atoms with Crippen LogP contribution in [0.4, 0.5) is 0 Å². The number of imidazole rings is 1. The summed E-state index contributed by atoms with van der Waals surface area (Å²) in [6, 6.07) is 21.2. The molecule has 0 saturated heterocycles. The predicted molar refractivity (Wildman–Crippen MR) is 111 cm³/mol. The van der Waals surface area contributed by atoms with E-state index in [0.29, 0.717) is 18.5 Å². The van der Waals surface area contributed by atoms with Crippen molar-refractivity contribution < 1.29 is 0 Å². The summed E-state index contributed by atoms with van der Waals surface area (Å²) in [6.45, 7) is 11.4. The standard InChI is InChI=1S/C13H13B.C9H16N2/c1-14(12-8-4-2-5-9-12)13-10-6-3-7-11-13;1-6(2)8-9(7(3)4)11-5-10-8/h2-11H,1H3;5-7H,1-4H3,(H,10,11). The second-order valence-electron chi connectivity index (χ2n) is 7.05. The molecule has 2 nitrogen and oxygen atoms in total. The quantitative estimate of drug-likeness (QED) is 0.696. The highest BCUT2D eigenvalue weighted by atomic mass is 14.9. The van der Waals surface area contributed by atoms with Crippen LogP contribution in [-0.2, 0) is 0 Å². The largest absolute Gasteiger partial charge is 0.348 e. The van der Waals surface area contributed by atoms with Crippen molar-refractivity contribution in [2.45, 2.75) is 46.4 Å².